The predicted octanol–water partition coefficient (Wildman–Crippen LogP) is 6.79. The van der Waals surface area contributed by atoms with Crippen LogP contribution in [0.15, 0.2) is 42.5 Å². The van der Waals surface area contributed by atoms with Gasteiger partial charge in [-0.25, -0.2) is 4.79 Å². The van der Waals surface area contributed by atoms with Gasteiger partial charge >= 0.3 is 18.4 Å². The fourth-order valence-corrected chi connectivity index (χ4v) is 5.11. The van der Waals surface area contributed by atoms with Crippen LogP contribution in [0.3, 0.4) is 0 Å². The molecule has 2 aromatic rings. The van der Waals surface area contributed by atoms with Crippen molar-refractivity contribution in [2.45, 2.75) is 89.3 Å². The summed E-state index contributed by atoms with van der Waals surface area (Å²) in [4.78, 5) is 27.3. The average molecular weight is 618 g/mol. The monoisotopic (exact) mass is 617 g/mol. The first kappa shape index (κ1) is 34.0. The smallest absolute Gasteiger partial charge is 0.430 e. The zero-order valence-corrected chi connectivity index (χ0v) is 24.5. The van der Waals surface area contributed by atoms with E-state index < -0.39 is 35.1 Å². The number of halogens is 6. The number of unbranched alkanes of at least 4 members (excludes halogenated alkanes) is 1. The van der Waals surface area contributed by atoms with Gasteiger partial charge in [0.1, 0.15) is 11.3 Å². The molecule has 1 fully saturated rings. The Balaban J connectivity index is 1.65. The third-order valence-electron chi connectivity index (χ3n) is 7.39. The van der Waals surface area contributed by atoms with Gasteiger partial charge in [0, 0.05) is 23.8 Å². The molecule has 0 radical (unpaired) electrons. The van der Waals surface area contributed by atoms with E-state index in [0.717, 1.165) is 16.7 Å². The summed E-state index contributed by atoms with van der Waals surface area (Å²) in [6, 6.07) is 9.19. The standard InChI is InChI=1S/C30H37F6N3O4/c1-5-9-20-18-22(28(42,29(31,32)33)30(34,35)36)12-15-24(20)43-17-8-7-16-39-25(40)27(6-2,38-26(39)41)21-10-13-23(14-11-21)37-19(3)4/h10-15,18-19,37,42H,5-9,16-17H2,1-4H3,(H,38,41). The Morgan fingerprint density at radius 2 is 1.60 bits per heavy atom. The summed E-state index contributed by atoms with van der Waals surface area (Å²) in [5.74, 6) is -0.291. The van der Waals surface area contributed by atoms with Crippen LogP contribution in [0, 0.1) is 0 Å². The van der Waals surface area contributed by atoms with Gasteiger partial charge < -0.3 is 20.5 Å². The lowest BCUT2D eigenvalue weighted by Crippen LogP contribution is -2.53. The van der Waals surface area contributed by atoms with E-state index >= 15 is 0 Å². The third-order valence-corrected chi connectivity index (χ3v) is 7.39. The van der Waals surface area contributed by atoms with Gasteiger partial charge in [-0.3, -0.25) is 9.69 Å². The Kier molecular flexibility index (Phi) is 10.3. The zero-order valence-electron chi connectivity index (χ0n) is 24.5. The number of rotatable bonds is 13. The maximum atomic E-state index is 13.4. The maximum absolute atomic E-state index is 13.4. The van der Waals surface area contributed by atoms with Gasteiger partial charge in [0.25, 0.3) is 11.5 Å². The molecule has 43 heavy (non-hydrogen) atoms. The molecule has 1 atom stereocenters. The molecule has 1 saturated heterocycles. The lowest BCUT2D eigenvalue weighted by atomic mass is 9.87. The fraction of sp³-hybridized carbons (Fsp3) is 0.533. The van der Waals surface area contributed by atoms with Gasteiger partial charge in [0.05, 0.1) is 6.61 Å². The number of imide groups is 1. The van der Waals surface area contributed by atoms with Gasteiger partial charge in [-0.2, -0.15) is 26.3 Å². The minimum atomic E-state index is -5.99. The summed E-state index contributed by atoms with van der Waals surface area (Å²) in [6.45, 7) is 7.63. The second kappa shape index (κ2) is 13.0. The summed E-state index contributed by atoms with van der Waals surface area (Å²) < 4.78 is 85.7. The Bertz CT molecular complexity index is 1270. The highest BCUT2D eigenvalue weighted by molar-refractivity contribution is 6.07. The van der Waals surface area contributed by atoms with Crippen LogP contribution in [-0.4, -0.2) is 53.5 Å². The van der Waals surface area contributed by atoms with Gasteiger partial charge in [0.15, 0.2) is 0 Å². The van der Waals surface area contributed by atoms with Crippen molar-refractivity contribution in [1.82, 2.24) is 10.2 Å². The molecule has 1 heterocycles. The van der Waals surface area contributed by atoms with Crippen molar-refractivity contribution >= 4 is 17.6 Å². The van der Waals surface area contributed by atoms with E-state index in [0.29, 0.717) is 43.4 Å². The zero-order chi connectivity index (χ0) is 32.2. The average Bonchev–Trinajstić information content (AvgIpc) is 3.17. The number of aryl methyl sites for hydroxylation is 1. The molecule has 2 aromatic carbocycles. The van der Waals surface area contributed by atoms with Crippen LogP contribution in [0.2, 0.25) is 0 Å². The SMILES string of the molecule is CCCc1cc(C(O)(C(F)(F)F)C(F)(F)F)ccc1OCCCCN1C(=O)NC(CC)(c2ccc(NC(C)C)cc2)C1=O. The number of alkyl halides is 6. The number of amides is 3. The van der Waals surface area contributed by atoms with Gasteiger partial charge in [-0.15, -0.1) is 0 Å². The maximum Gasteiger partial charge on any atom is 0.430 e. The number of hydrogen-bond donors (Lipinski definition) is 3. The highest BCUT2D eigenvalue weighted by Crippen LogP contribution is 2.50. The highest BCUT2D eigenvalue weighted by atomic mass is 19.4. The van der Waals surface area contributed by atoms with Crippen LogP contribution in [0.4, 0.5) is 36.8 Å². The molecular formula is C30H37F6N3O4. The van der Waals surface area contributed by atoms with E-state index in [2.05, 4.69) is 10.6 Å². The number of hydrogen-bond acceptors (Lipinski definition) is 5. The number of carbonyl (C=O) groups is 2. The van der Waals surface area contributed by atoms with E-state index in [1.54, 1.807) is 26.0 Å². The minimum absolute atomic E-state index is 0.0335. The van der Waals surface area contributed by atoms with Gasteiger partial charge in [-0.05, 0) is 74.9 Å². The molecule has 13 heteroatoms. The molecule has 7 nitrogen and oxygen atoms in total. The number of anilines is 1. The van der Waals surface area contributed by atoms with Crippen molar-refractivity contribution in [3.05, 3.63) is 59.2 Å². The van der Waals surface area contributed by atoms with Crippen LogP contribution in [0.5, 0.6) is 5.75 Å². The largest absolute Gasteiger partial charge is 0.493 e. The first-order valence-corrected chi connectivity index (χ1v) is 14.1. The van der Waals surface area contributed by atoms with Crippen molar-refractivity contribution in [3.63, 3.8) is 0 Å². The van der Waals surface area contributed by atoms with E-state index in [9.17, 15) is 41.0 Å². The molecule has 0 saturated carbocycles. The normalized spacial score (nSPS) is 17.9. The number of nitrogens with one attached hydrogen (secondary N) is 2. The number of benzene rings is 2. The van der Waals surface area contributed by atoms with E-state index in [4.69, 9.17) is 4.74 Å². The Labute approximate surface area is 246 Å². The van der Waals surface area contributed by atoms with E-state index in [1.807, 2.05) is 26.0 Å². The highest BCUT2D eigenvalue weighted by Gasteiger charge is 2.71. The molecule has 1 aliphatic heterocycles. The number of carbonyl (C=O) groups excluding carboxylic acids is 2. The Morgan fingerprint density at radius 3 is 2.14 bits per heavy atom. The number of aliphatic hydroxyl groups is 1. The summed E-state index contributed by atoms with van der Waals surface area (Å²) in [7, 11) is 0. The van der Waals surface area contributed by atoms with Gasteiger partial charge in [0.2, 0.25) is 0 Å². The van der Waals surface area contributed by atoms with Crippen LogP contribution in [-0.2, 0) is 22.4 Å². The first-order valence-electron chi connectivity index (χ1n) is 14.1. The van der Waals surface area contributed by atoms with E-state index in [-0.39, 0.29) is 42.8 Å². The van der Waals surface area contributed by atoms with Crippen molar-refractivity contribution in [3.8, 4) is 5.75 Å². The lowest BCUT2D eigenvalue weighted by Gasteiger charge is -2.33. The van der Waals surface area contributed by atoms with Crippen molar-refractivity contribution < 1.29 is 45.8 Å². The molecule has 1 aliphatic rings. The summed E-state index contributed by atoms with van der Waals surface area (Å²) in [6.07, 6.45) is -10.4. The second-order valence-electron chi connectivity index (χ2n) is 10.9. The fourth-order valence-electron chi connectivity index (χ4n) is 5.11. The van der Waals surface area contributed by atoms with Crippen LogP contribution < -0.4 is 15.4 Å². The van der Waals surface area contributed by atoms with Crippen molar-refractivity contribution in [2.75, 3.05) is 18.5 Å². The number of urea groups is 1. The topological polar surface area (TPSA) is 90.9 Å². The predicted molar refractivity (Wildman–Crippen MR) is 149 cm³/mol. The van der Waals surface area contributed by atoms with E-state index in [1.165, 1.54) is 0 Å². The minimum Gasteiger partial charge on any atom is -0.493 e. The number of ether oxygens (including phenoxy) is 1. The molecule has 0 aliphatic carbocycles. The molecule has 0 spiro atoms. The third kappa shape index (κ3) is 6.86. The first-order chi connectivity index (χ1) is 20.0. The Morgan fingerprint density at radius 1 is 0.977 bits per heavy atom. The molecule has 3 rings (SSSR count). The van der Waals surface area contributed by atoms with Crippen LogP contribution >= 0.6 is 0 Å². The van der Waals surface area contributed by atoms with Gasteiger partial charge in [-0.1, -0.05) is 38.5 Å². The lowest BCUT2D eigenvalue weighted by molar-refractivity contribution is -0.376. The molecular weight excluding hydrogens is 580 g/mol. The molecule has 3 N–H and O–H groups in total. The number of nitrogens with zero attached hydrogens (tertiary/aromatic N) is 1. The molecule has 1 unspecified atom stereocenters. The summed E-state index contributed by atoms with van der Waals surface area (Å²) in [5, 5.41) is 15.8. The quantitative estimate of drug-likeness (QED) is 0.131. The summed E-state index contributed by atoms with van der Waals surface area (Å²) >= 11 is 0. The Hall–Kier alpha value is -3.48. The molecule has 238 valence electrons. The van der Waals surface area contributed by atoms with Crippen molar-refractivity contribution in [1.29, 1.82) is 0 Å². The summed E-state index contributed by atoms with van der Waals surface area (Å²) in [5.41, 5.74) is -5.94. The molecule has 0 bridgehead atoms. The molecule has 3 amide bonds. The van der Waals surface area contributed by atoms with Crippen molar-refractivity contribution in [2.24, 2.45) is 0 Å². The molecule has 0 aromatic heterocycles. The van der Waals surface area contributed by atoms with Crippen LogP contribution in [0.25, 0.3) is 0 Å². The second-order valence-corrected chi connectivity index (χ2v) is 10.9. The van der Waals surface area contributed by atoms with Crippen LogP contribution in [0.1, 0.15) is 70.1 Å².